The number of fused-ring (bicyclic) bond motifs is 1. The fourth-order valence-corrected chi connectivity index (χ4v) is 4.57. The van der Waals surface area contributed by atoms with E-state index in [2.05, 4.69) is 11.4 Å². The van der Waals surface area contributed by atoms with Crippen LogP contribution in [-0.4, -0.2) is 17.3 Å². The van der Waals surface area contributed by atoms with E-state index in [-0.39, 0.29) is 11.4 Å². The number of carbonyl (C=O) groups is 1. The minimum absolute atomic E-state index is 0.0805. The van der Waals surface area contributed by atoms with Gasteiger partial charge in [0.05, 0.1) is 10.4 Å². The third-order valence-corrected chi connectivity index (χ3v) is 5.91. The molecular formula is C14H18ClNOS. The average molecular weight is 284 g/mol. The standard InChI is InChI=1S/C14H18ClNOS/c15-9-14(6-1-2-7-14)16-13(17)12-8-10-4-3-5-11(10)18-12/h8H,1-7,9H2,(H,16,17). The first-order valence-corrected chi connectivity index (χ1v) is 8.08. The maximum atomic E-state index is 12.3. The van der Waals surface area contributed by atoms with Crippen molar-refractivity contribution in [3.8, 4) is 0 Å². The lowest BCUT2D eigenvalue weighted by molar-refractivity contribution is 0.0913. The van der Waals surface area contributed by atoms with Crippen molar-refractivity contribution in [2.75, 3.05) is 5.88 Å². The van der Waals surface area contributed by atoms with Crippen molar-refractivity contribution in [1.29, 1.82) is 0 Å². The van der Waals surface area contributed by atoms with Gasteiger partial charge in [-0.1, -0.05) is 12.8 Å². The number of amides is 1. The van der Waals surface area contributed by atoms with Crippen LogP contribution in [0.2, 0.25) is 0 Å². The zero-order valence-electron chi connectivity index (χ0n) is 10.4. The number of hydrogen-bond donors (Lipinski definition) is 1. The Bertz CT molecular complexity index is 441. The molecule has 0 saturated heterocycles. The second-order valence-corrected chi connectivity index (χ2v) is 6.89. The Morgan fingerprint density at radius 2 is 2.11 bits per heavy atom. The summed E-state index contributed by atoms with van der Waals surface area (Å²) >= 11 is 7.73. The Labute approximate surface area is 117 Å². The highest BCUT2D eigenvalue weighted by atomic mass is 35.5. The molecule has 1 fully saturated rings. The van der Waals surface area contributed by atoms with Crippen molar-refractivity contribution >= 4 is 28.8 Å². The van der Waals surface area contributed by atoms with Gasteiger partial charge in [-0.25, -0.2) is 0 Å². The first-order chi connectivity index (χ1) is 8.72. The van der Waals surface area contributed by atoms with Gasteiger partial charge < -0.3 is 5.32 Å². The Morgan fingerprint density at radius 1 is 1.33 bits per heavy atom. The minimum atomic E-state index is -0.146. The molecule has 1 N–H and O–H groups in total. The molecule has 0 atom stereocenters. The largest absolute Gasteiger partial charge is 0.345 e. The molecule has 98 valence electrons. The molecule has 0 aromatic carbocycles. The van der Waals surface area contributed by atoms with Crippen LogP contribution in [0.1, 0.15) is 52.2 Å². The fraction of sp³-hybridized carbons (Fsp3) is 0.643. The summed E-state index contributed by atoms with van der Waals surface area (Å²) in [7, 11) is 0. The van der Waals surface area contributed by atoms with E-state index in [1.165, 1.54) is 29.7 Å². The summed E-state index contributed by atoms with van der Waals surface area (Å²) < 4.78 is 0. The molecule has 2 nitrogen and oxygen atoms in total. The monoisotopic (exact) mass is 283 g/mol. The van der Waals surface area contributed by atoms with Crippen LogP contribution in [-0.2, 0) is 12.8 Å². The van der Waals surface area contributed by atoms with Gasteiger partial charge >= 0.3 is 0 Å². The molecule has 1 amide bonds. The summed E-state index contributed by atoms with van der Waals surface area (Å²) in [4.78, 5) is 14.6. The van der Waals surface area contributed by atoms with Gasteiger partial charge in [-0.2, -0.15) is 0 Å². The van der Waals surface area contributed by atoms with Crippen molar-refractivity contribution in [2.45, 2.75) is 50.5 Å². The third-order valence-electron chi connectivity index (χ3n) is 4.17. The van der Waals surface area contributed by atoms with Crippen molar-refractivity contribution in [3.63, 3.8) is 0 Å². The van der Waals surface area contributed by atoms with Crippen LogP contribution in [0.4, 0.5) is 0 Å². The average Bonchev–Trinajstić information content (AvgIpc) is 3.03. The zero-order valence-corrected chi connectivity index (χ0v) is 12.0. The van der Waals surface area contributed by atoms with Crippen LogP contribution in [0.25, 0.3) is 0 Å². The number of thiophene rings is 1. The summed E-state index contributed by atoms with van der Waals surface area (Å²) in [6, 6.07) is 2.08. The van der Waals surface area contributed by atoms with Gasteiger partial charge in [-0.15, -0.1) is 22.9 Å². The van der Waals surface area contributed by atoms with E-state index in [9.17, 15) is 4.79 Å². The predicted molar refractivity (Wildman–Crippen MR) is 75.7 cm³/mol. The summed E-state index contributed by atoms with van der Waals surface area (Å²) in [6.45, 7) is 0. The van der Waals surface area contributed by atoms with E-state index in [0.717, 1.165) is 30.6 Å². The van der Waals surface area contributed by atoms with Crippen LogP contribution >= 0.6 is 22.9 Å². The second-order valence-electron chi connectivity index (χ2n) is 5.49. The Kier molecular flexibility index (Phi) is 3.37. The highest BCUT2D eigenvalue weighted by Crippen LogP contribution is 2.33. The Balaban J connectivity index is 1.74. The first kappa shape index (κ1) is 12.5. The van der Waals surface area contributed by atoms with Crippen LogP contribution in [0.5, 0.6) is 0 Å². The van der Waals surface area contributed by atoms with E-state index in [4.69, 9.17) is 11.6 Å². The summed E-state index contributed by atoms with van der Waals surface area (Å²) in [5.41, 5.74) is 1.24. The van der Waals surface area contributed by atoms with Crippen LogP contribution in [0, 0.1) is 0 Å². The molecule has 0 bridgehead atoms. The van der Waals surface area contributed by atoms with Gasteiger partial charge in [-0.3, -0.25) is 4.79 Å². The molecule has 0 spiro atoms. The minimum Gasteiger partial charge on any atom is -0.345 e. The number of carbonyl (C=O) groups excluding carboxylic acids is 1. The molecule has 0 unspecified atom stereocenters. The van der Waals surface area contributed by atoms with Gasteiger partial charge in [0, 0.05) is 10.8 Å². The van der Waals surface area contributed by atoms with Crippen LogP contribution in [0.15, 0.2) is 6.07 Å². The van der Waals surface area contributed by atoms with Crippen LogP contribution < -0.4 is 5.32 Å². The normalized spacial score (nSPS) is 20.9. The molecule has 18 heavy (non-hydrogen) atoms. The SMILES string of the molecule is O=C(NC1(CCl)CCCC1)c1cc2c(s1)CCC2. The number of alkyl halides is 1. The second kappa shape index (κ2) is 4.86. The van der Waals surface area contributed by atoms with E-state index in [1.54, 1.807) is 11.3 Å². The molecule has 0 radical (unpaired) electrons. The lowest BCUT2D eigenvalue weighted by Crippen LogP contribution is -2.47. The molecule has 0 aliphatic heterocycles. The number of halogens is 1. The fourth-order valence-electron chi connectivity index (χ4n) is 3.09. The lowest BCUT2D eigenvalue weighted by atomic mass is 10.0. The van der Waals surface area contributed by atoms with Crippen molar-refractivity contribution < 1.29 is 4.79 Å². The number of hydrogen-bond acceptors (Lipinski definition) is 2. The first-order valence-electron chi connectivity index (χ1n) is 6.72. The maximum absolute atomic E-state index is 12.3. The molecule has 2 aliphatic carbocycles. The molecule has 1 saturated carbocycles. The molecule has 2 aliphatic rings. The van der Waals surface area contributed by atoms with Gasteiger partial charge in [0.1, 0.15) is 0 Å². The van der Waals surface area contributed by atoms with Gasteiger partial charge in [0.25, 0.3) is 5.91 Å². The number of aryl methyl sites for hydroxylation is 2. The summed E-state index contributed by atoms with van der Waals surface area (Å²) in [5.74, 6) is 0.612. The molecule has 1 aromatic rings. The van der Waals surface area contributed by atoms with E-state index in [0.29, 0.717) is 5.88 Å². The van der Waals surface area contributed by atoms with Crippen molar-refractivity contribution in [2.24, 2.45) is 0 Å². The third kappa shape index (κ3) is 2.19. The van der Waals surface area contributed by atoms with E-state index in [1.807, 2.05) is 0 Å². The molecule has 1 aromatic heterocycles. The number of rotatable bonds is 3. The molecular weight excluding hydrogens is 266 g/mol. The lowest BCUT2D eigenvalue weighted by Gasteiger charge is -2.27. The van der Waals surface area contributed by atoms with E-state index >= 15 is 0 Å². The maximum Gasteiger partial charge on any atom is 0.261 e. The Morgan fingerprint density at radius 3 is 2.78 bits per heavy atom. The van der Waals surface area contributed by atoms with Crippen LogP contribution in [0.3, 0.4) is 0 Å². The summed E-state index contributed by atoms with van der Waals surface area (Å²) in [5, 5.41) is 3.19. The number of nitrogens with one attached hydrogen (secondary N) is 1. The molecule has 1 heterocycles. The van der Waals surface area contributed by atoms with Gasteiger partial charge in [-0.05, 0) is 43.7 Å². The zero-order chi connectivity index (χ0) is 12.6. The van der Waals surface area contributed by atoms with Gasteiger partial charge in [0.2, 0.25) is 0 Å². The van der Waals surface area contributed by atoms with Crippen molar-refractivity contribution in [3.05, 3.63) is 21.4 Å². The van der Waals surface area contributed by atoms with E-state index < -0.39 is 0 Å². The molecule has 3 rings (SSSR count). The highest BCUT2D eigenvalue weighted by Gasteiger charge is 2.35. The summed E-state index contributed by atoms with van der Waals surface area (Å²) in [6.07, 6.45) is 7.92. The predicted octanol–water partition coefficient (Wildman–Crippen LogP) is 3.52. The van der Waals surface area contributed by atoms with Crippen molar-refractivity contribution in [1.82, 2.24) is 5.32 Å². The topological polar surface area (TPSA) is 29.1 Å². The van der Waals surface area contributed by atoms with Gasteiger partial charge in [0.15, 0.2) is 0 Å². The molecule has 4 heteroatoms. The quantitative estimate of drug-likeness (QED) is 0.845. The smallest absolute Gasteiger partial charge is 0.261 e. The highest BCUT2D eigenvalue weighted by molar-refractivity contribution is 7.14. The Hall–Kier alpha value is -0.540.